The predicted octanol–water partition coefficient (Wildman–Crippen LogP) is 3.01. The Morgan fingerprint density at radius 2 is 2.00 bits per heavy atom. The van der Waals surface area contributed by atoms with Crippen LogP contribution in [0.5, 0.6) is 0 Å². The summed E-state index contributed by atoms with van der Waals surface area (Å²) in [6.45, 7) is 1.88. The number of benzene rings is 1. The van der Waals surface area contributed by atoms with Crippen LogP contribution in [0.1, 0.15) is 5.82 Å². The molecular weight excluding hydrogens is 362 g/mol. The Morgan fingerprint density at radius 1 is 1.17 bits per heavy atom. The molecule has 0 aliphatic rings. The van der Waals surface area contributed by atoms with Crippen molar-refractivity contribution in [1.82, 2.24) is 29.8 Å². The lowest BCUT2D eigenvalue weighted by molar-refractivity contribution is 0.314. The molecule has 0 bridgehead atoms. The summed E-state index contributed by atoms with van der Waals surface area (Å²) >= 11 is 3.45. The Labute approximate surface area is 138 Å². The van der Waals surface area contributed by atoms with Gasteiger partial charge in [0.15, 0.2) is 11.6 Å². The Bertz CT molecular complexity index is 994. The van der Waals surface area contributed by atoms with E-state index in [2.05, 4.69) is 46.5 Å². The lowest BCUT2D eigenvalue weighted by atomic mass is 10.3. The van der Waals surface area contributed by atoms with E-state index in [9.17, 15) is 0 Å². The molecule has 0 radical (unpaired) electrons. The van der Waals surface area contributed by atoms with Gasteiger partial charge in [-0.15, -0.1) is 0 Å². The number of nitrogens with zero attached hydrogens (tertiary/aromatic N) is 6. The number of fused-ring (bicyclic) bond motifs is 1. The monoisotopic (exact) mass is 371 g/mol. The second-order valence-corrected chi connectivity index (χ2v) is 5.70. The summed E-state index contributed by atoms with van der Waals surface area (Å²) in [6, 6.07) is 7.75. The van der Waals surface area contributed by atoms with Gasteiger partial charge in [-0.2, -0.15) is 0 Å². The summed E-state index contributed by atoms with van der Waals surface area (Å²) in [5.41, 5.74) is 1.54. The highest BCUT2D eigenvalue weighted by molar-refractivity contribution is 9.10. The molecule has 0 aliphatic carbocycles. The van der Waals surface area contributed by atoms with E-state index in [4.69, 9.17) is 4.63 Å². The van der Waals surface area contributed by atoms with Crippen molar-refractivity contribution in [3.05, 3.63) is 47.0 Å². The summed E-state index contributed by atoms with van der Waals surface area (Å²) in [4.78, 5) is 13.2. The molecule has 0 saturated carbocycles. The molecule has 0 spiro atoms. The topological polar surface area (TPSA) is 94.5 Å². The zero-order valence-corrected chi connectivity index (χ0v) is 13.5. The van der Waals surface area contributed by atoms with Gasteiger partial charge in [-0.1, -0.05) is 22.0 Å². The lowest BCUT2D eigenvalue weighted by Gasteiger charge is -2.11. The zero-order valence-electron chi connectivity index (χ0n) is 11.9. The lowest BCUT2D eigenvalue weighted by Crippen LogP contribution is -2.06. The first-order chi connectivity index (χ1) is 11.2. The van der Waals surface area contributed by atoms with Gasteiger partial charge in [-0.05, 0) is 35.4 Å². The van der Waals surface area contributed by atoms with E-state index in [0.29, 0.717) is 22.9 Å². The molecule has 1 aromatic carbocycles. The highest BCUT2D eigenvalue weighted by Crippen LogP contribution is 2.25. The van der Waals surface area contributed by atoms with Crippen LogP contribution in [0.3, 0.4) is 0 Å². The Hall–Kier alpha value is -2.81. The van der Waals surface area contributed by atoms with E-state index in [-0.39, 0.29) is 0 Å². The van der Waals surface area contributed by atoms with Crippen molar-refractivity contribution in [3.8, 4) is 5.82 Å². The average molecular weight is 372 g/mol. The van der Waals surface area contributed by atoms with Crippen molar-refractivity contribution < 1.29 is 4.63 Å². The third-order valence-electron chi connectivity index (χ3n) is 3.24. The number of hydrogen-bond donors (Lipinski definition) is 1. The zero-order chi connectivity index (χ0) is 15.8. The maximum atomic E-state index is 4.71. The fraction of sp³-hybridized carbons (Fsp3) is 0.0714. The third kappa shape index (κ3) is 2.55. The largest absolute Gasteiger partial charge is 0.337 e. The fourth-order valence-electron chi connectivity index (χ4n) is 2.19. The molecule has 8 nitrogen and oxygen atoms in total. The molecule has 3 aromatic heterocycles. The van der Waals surface area contributed by atoms with Crippen molar-refractivity contribution in [2.75, 3.05) is 5.32 Å². The van der Waals surface area contributed by atoms with Gasteiger partial charge >= 0.3 is 0 Å². The van der Waals surface area contributed by atoms with E-state index < -0.39 is 0 Å². The van der Waals surface area contributed by atoms with Crippen LogP contribution in [0.4, 0.5) is 11.5 Å². The van der Waals surface area contributed by atoms with Crippen LogP contribution < -0.4 is 5.32 Å². The first-order valence-electron chi connectivity index (χ1n) is 6.74. The molecule has 23 heavy (non-hydrogen) atoms. The van der Waals surface area contributed by atoms with E-state index in [1.165, 1.54) is 0 Å². The van der Waals surface area contributed by atoms with Crippen molar-refractivity contribution in [1.29, 1.82) is 0 Å². The molecule has 4 aromatic rings. The predicted molar refractivity (Wildman–Crippen MR) is 86.7 cm³/mol. The summed E-state index contributed by atoms with van der Waals surface area (Å²) in [5, 5.41) is 10.8. The van der Waals surface area contributed by atoms with Crippen LogP contribution in [0, 0.1) is 6.92 Å². The number of aryl methyl sites for hydroxylation is 1. The van der Waals surface area contributed by atoms with Crippen LogP contribution >= 0.6 is 15.9 Å². The van der Waals surface area contributed by atoms with Gasteiger partial charge in [0.05, 0.1) is 0 Å². The maximum Gasteiger partial charge on any atom is 0.245 e. The molecule has 9 heteroatoms. The Morgan fingerprint density at radius 3 is 2.74 bits per heavy atom. The highest BCUT2D eigenvalue weighted by atomic mass is 79.9. The second kappa shape index (κ2) is 5.43. The fourth-order valence-corrected chi connectivity index (χ4v) is 2.59. The van der Waals surface area contributed by atoms with Crippen LogP contribution in [0.2, 0.25) is 0 Å². The van der Waals surface area contributed by atoms with E-state index in [1.54, 1.807) is 6.20 Å². The summed E-state index contributed by atoms with van der Waals surface area (Å²) in [6.07, 6.45) is 3.51. The first-order valence-corrected chi connectivity index (χ1v) is 7.53. The molecule has 0 aliphatic heterocycles. The minimum atomic E-state index is 0.337. The van der Waals surface area contributed by atoms with E-state index in [0.717, 1.165) is 16.0 Å². The van der Waals surface area contributed by atoms with Crippen molar-refractivity contribution >= 4 is 38.7 Å². The van der Waals surface area contributed by atoms with Crippen LogP contribution in [-0.4, -0.2) is 29.8 Å². The molecular formula is C14H10BrN7O. The molecule has 0 saturated heterocycles. The molecule has 0 atom stereocenters. The molecule has 1 N–H and O–H groups in total. The SMILES string of the molecule is Cc1nccn1-c1nc2nonc2nc1Nc1cccc(Br)c1. The number of imidazole rings is 1. The quantitative estimate of drug-likeness (QED) is 0.591. The van der Waals surface area contributed by atoms with E-state index >= 15 is 0 Å². The number of halogens is 1. The normalized spacial score (nSPS) is 11.0. The molecule has 0 unspecified atom stereocenters. The van der Waals surface area contributed by atoms with Crippen LogP contribution in [-0.2, 0) is 0 Å². The minimum Gasteiger partial charge on any atom is -0.337 e. The number of aromatic nitrogens is 6. The maximum absolute atomic E-state index is 4.71. The standard InChI is InChI=1S/C14H10BrN7O/c1-8-16-5-6-22(8)14-13(17-10-4-2-3-9(15)7-10)18-11-12(19-14)21-23-20-11/h2-7H,1H3,(H,17,18,20). The van der Waals surface area contributed by atoms with Gasteiger partial charge in [0.2, 0.25) is 11.3 Å². The summed E-state index contributed by atoms with van der Waals surface area (Å²) < 4.78 is 7.49. The molecule has 0 amide bonds. The van der Waals surface area contributed by atoms with Gasteiger partial charge in [-0.3, -0.25) is 4.57 Å². The molecule has 114 valence electrons. The van der Waals surface area contributed by atoms with E-state index in [1.807, 2.05) is 42.0 Å². The van der Waals surface area contributed by atoms with Crippen LogP contribution in [0.25, 0.3) is 17.1 Å². The molecule has 4 rings (SSSR count). The van der Waals surface area contributed by atoms with Gasteiger partial charge in [-0.25, -0.2) is 19.6 Å². The number of rotatable bonds is 3. The van der Waals surface area contributed by atoms with Crippen molar-refractivity contribution in [2.24, 2.45) is 0 Å². The molecule has 0 fully saturated rings. The van der Waals surface area contributed by atoms with Gasteiger partial charge in [0.1, 0.15) is 5.82 Å². The summed E-state index contributed by atoms with van der Waals surface area (Å²) in [7, 11) is 0. The highest BCUT2D eigenvalue weighted by Gasteiger charge is 2.15. The van der Waals surface area contributed by atoms with Gasteiger partial charge < -0.3 is 5.32 Å². The van der Waals surface area contributed by atoms with Crippen LogP contribution in [0.15, 0.2) is 45.8 Å². The Balaban J connectivity index is 1.88. The van der Waals surface area contributed by atoms with Crippen molar-refractivity contribution in [3.63, 3.8) is 0 Å². The van der Waals surface area contributed by atoms with Gasteiger partial charge in [0, 0.05) is 22.6 Å². The molecule has 3 heterocycles. The smallest absolute Gasteiger partial charge is 0.245 e. The number of nitrogens with one attached hydrogen (secondary N) is 1. The Kier molecular flexibility index (Phi) is 3.27. The van der Waals surface area contributed by atoms with Gasteiger partial charge in [0.25, 0.3) is 0 Å². The average Bonchev–Trinajstić information content (AvgIpc) is 3.14. The number of hydrogen-bond acceptors (Lipinski definition) is 7. The summed E-state index contributed by atoms with van der Waals surface area (Å²) in [5.74, 6) is 1.89. The van der Waals surface area contributed by atoms with Crippen molar-refractivity contribution in [2.45, 2.75) is 6.92 Å². The third-order valence-corrected chi connectivity index (χ3v) is 3.73. The first kappa shape index (κ1) is 13.8. The number of anilines is 2. The minimum absolute atomic E-state index is 0.337. The second-order valence-electron chi connectivity index (χ2n) is 4.79.